The molecule has 0 amide bonds. The van der Waals surface area contributed by atoms with E-state index in [1.807, 2.05) is 36.4 Å². The van der Waals surface area contributed by atoms with Crippen molar-refractivity contribution in [3.05, 3.63) is 84.2 Å². The maximum absolute atomic E-state index is 5.73. The van der Waals surface area contributed by atoms with Gasteiger partial charge in [-0.1, -0.05) is 30.3 Å². The van der Waals surface area contributed by atoms with E-state index in [9.17, 15) is 0 Å². The molecule has 0 bridgehead atoms. The van der Waals surface area contributed by atoms with Crippen LogP contribution in [0, 0.1) is 0 Å². The molecule has 142 valence electrons. The minimum atomic E-state index is 0.253. The largest absolute Gasteiger partial charge is 0.454 e. The number of nitrogens with zero attached hydrogens (tertiary/aromatic N) is 2. The SMILES string of the molecule is S=C(NCCc1ccccc1)N(Cc1ccncc1)c1ccc2c(c1)OCO2. The first-order valence-electron chi connectivity index (χ1n) is 9.17. The number of hydrogen-bond donors (Lipinski definition) is 1. The average molecular weight is 391 g/mol. The Morgan fingerprint density at radius 2 is 1.75 bits per heavy atom. The Labute approximate surface area is 169 Å². The minimum absolute atomic E-state index is 0.253. The van der Waals surface area contributed by atoms with Crippen molar-refractivity contribution in [2.45, 2.75) is 13.0 Å². The van der Waals surface area contributed by atoms with Crippen LogP contribution in [0.4, 0.5) is 5.69 Å². The highest BCUT2D eigenvalue weighted by Crippen LogP contribution is 2.35. The van der Waals surface area contributed by atoms with Crippen LogP contribution in [0.2, 0.25) is 0 Å². The first kappa shape index (κ1) is 18.3. The van der Waals surface area contributed by atoms with Gasteiger partial charge in [0.15, 0.2) is 16.6 Å². The van der Waals surface area contributed by atoms with Crippen LogP contribution in [0.1, 0.15) is 11.1 Å². The van der Waals surface area contributed by atoms with Crippen LogP contribution in [-0.2, 0) is 13.0 Å². The zero-order valence-corrected chi connectivity index (χ0v) is 16.2. The molecule has 0 saturated heterocycles. The van der Waals surface area contributed by atoms with Gasteiger partial charge in [0.2, 0.25) is 6.79 Å². The summed E-state index contributed by atoms with van der Waals surface area (Å²) in [5, 5.41) is 4.06. The van der Waals surface area contributed by atoms with E-state index in [1.54, 1.807) is 12.4 Å². The number of ether oxygens (including phenoxy) is 2. The van der Waals surface area contributed by atoms with Crippen molar-refractivity contribution >= 4 is 23.0 Å². The maximum atomic E-state index is 5.73. The second-order valence-corrected chi connectivity index (χ2v) is 6.83. The summed E-state index contributed by atoms with van der Waals surface area (Å²) in [6.07, 6.45) is 4.49. The zero-order valence-electron chi connectivity index (χ0n) is 15.4. The quantitative estimate of drug-likeness (QED) is 0.643. The Morgan fingerprint density at radius 3 is 2.57 bits per heavy atom. The third-order valence-electron chi connectivity index (χ3n) is 4.54. The number of aromatic nitrogens is 1. The van der Waals surface area contributed by atoms with Gasteiger partial charge in [-0.2, -0.15) is 0 Å². The monoisotopic (exact) mass is 391 g/mol. The fourth-order valence-corrected chi connectivity index (χ4v) is 3.33. The molecule has 0 unspecified atom stereocenters. The highest BCUT2D eigenvalue weighted by Gasteiger charge is 2.18. The van der Waals surface area contributed by atoms with Crippen molar-refractivity contribution in [3.8, 4) is 11.5 Å². The van der Waals surface area contributed by atoms with Crippen molar-refractivity contribution in [1.29, 1.82) is 0 Å². The van der Waals surface area contributed by atoms with Gasteiger partial charge < -0.3 is 19.7 Å². The molecule has 2 heterocycles. The van der Waals surface area contributed by atoms with E-state index < -0.39 is 0 Å². The van der Waals surface area contributed by atoms with Crippen LogP contribution in [0.3, 0.4) is 0 Å². The highest BCUT2D eigenvalue weighted by molar-refractivity contribution is 7.80. The maximum Gasteiger partial charge on any atom is 0.231 e. The standard InChI is InChI=1S/C22H21N3O2S/c28-22(24-13-10-17-4-2-1-3-5-17)25(15-18-8-11-23-12-9-18)19-6-7-20-21(14-19)27-16-26-20/h1-9,11-12,14H,10,13,15-16H2,(H,24,28). The van der Waals surface area contributed by atoms with Gasteiger partial charge >= 0.3 is 0 Å². The molecule has 0 spiro atoms. The van der Waals surface area contributed by atoms with Gasteiger partial charge in [0, 0.05) is 30.7 Å². The lowest BCUT2D eigenvalue weighted by molar-refractivity contribution is 0.174. The van der Waals surface area contributed by atoms with Crippen LogP contribution in [0.15, 0.2) is 73.1 Å². The molecular weight excluding hydrogens is 370 g/mol. The molecule has 3 aromatic rings. The minimum Gasteiger partial charge on any atom is -0.454 e. The van der Waals surface area contributed by atoms with Gasteiger partial charge in [-0.25, -0.2) is 0 Å². The van der Waals surface area contributed by atoms with Gasteiger partial charge in [-0.3, -0.25) is 4.98 Å². The molecule has 0 saturated carbocycles. The molecule has 1 aromatic heterocycles. The summed E-state index contributed by atoms with van der Waals surface area (Å²) < 4.78 is 11.0. The Balaban J connectivity index is 1.49. The molecule has 4 rings (SSSR count). The Morgan fingerprint density at radius 1 is 0.964 bits per heavy atom. The fourth-order valence-electron chi connectivity index (χ4n) is 3.06. The smallest absolute Gasteiger partial charge is 0.231 e. The number of thiocarbonyl (C=S) groups is 1. The van der Waals surface area contributed by atoms with Gasteiger partial charge in [-0.05, 0) is 54.0 Å². The summed E-state index contributed by atoms with van der Waals surface area (Å²) in [6.45, 7) is 1.66. The van der Waals surface area contributed by atoms with Crippen LogP contribution < -0.4 is 19.7 Å². The number of pyridine rings is 1. The third kappa shape index (κ3) is 4.40. The van der Waals surface area contributed by atoms with Crippen LogP contribution >= 0.6 is 12.2 Å². The molecule has 5 nitrogen and oxygen atoms in total. The average Bonchev–Trinajstić information content (AvgIpc) is 3.21. The molecule has 0 aliphatic carbocycles. The van der Waals surface area contributed by atoms with Crippen molar-refractivity contribution in [3.63, 3.8) is 0 Å². The summed E-state index contributed by atoms with van der Waals surface area (Å²) >= 11 is 5.73. The van der Waals surface area contributed by atoms with Gasteiger partial charge in [0.1, 0.15) is 0 Å². The number of anilines is 1. The first-order valence-corrected chi connectivity index (χ1v) is 9.58. The summed E-state index contributed by atoms with van der Waals surface area (Å²) in [6, 6.07) is 20.2. The molecule has 6 heteroatoms. The highest BCUT2D eigenvalue weighted by atomic mass is 32.1. The van der Waals surface area contributed by atoms with Crippen molar-refractivity contribution in [2.24, 2.45) is 0 Å². The Kier molecular flexibility index (Phi) is 5.68. The molecule has 1 aliphatic heterocycles. The molecule has 2 aromatic carbocycles. The van der Waals surface area contributed by atoms with Crippen LogP contribution in [0.5, 0.6) is 11.5 Å². The van der Waals surface area contributed by atoms with E-state index >= 15 is 0 Å². The van der Waals surface area contributed by atoms with E-state index in [-0.39, 0.29) is 6.79 Å². The topological polar surface area (TPSA) is 46.6 Å². The van der Waals surface area contributed by atoms with Crippen molar-refractivity contribution in [1.82, 2.24) is 10.3 Å². The fraction of sp³-hybridized carbons (Fsp3) is 0.182. The lowest BCUT2D eigenvalue weighted by Gasteiger charge is -2.26. The summed E-state index contributed by atoms with van der Waals surface area (Å²) in [5.74, 6) is 1.50. The number of hydrogen-bond acceptors (Lipinski definition) is 4. The first-order chi connectivity index (χ1) is 13.8. The van der Waals surface area contributed by atoms with Crippen molar-refractivity contribution in [2.75, 3.05) is 18.2 Å². The van der Waals surface area contributed by atoms with E-state index in [0.29, 0.717) is 11.7 Å². The molecule has 1 aliphatic rings. The lowest BCUT2D eigenvalue weighted by atomic mass is 10.1. The van der Waals surface area contributed by atoms with Crippen molar-refractivity contribution < 1.29 is 9.47 Å². The lowest BCUT2D eigenvalue weighted by Crippen LogP contribution is -2.40. The Hall–Kier alpha value is -3.12. The molecule has 1 N–H and O–H groups in total. The van der Waals surface area contributed by atoms with Gasteiger partial charge in [0.05, 0.1) is 6.54 Å². The van der Waals surface area contributed by atoms with Crippen LogP contribution in [-0.4, -0.2) is 23.4 Å². The molecule has 0 fully saturated rings. The summed E-state index contributed by atoms with van der Waals surface area (Å²) in [4.78, 5) is 6.16. The normalized spacial score (nSPS) is 11.9. The summed E-state index contributed by atoms with van der Waals surface area (Å²) in [7, 11) is 0. The molecule has 28 heavy (non-hydrogen) atoms. The van der Waals surface area contributed by atoms with E-state index in [4.69, 9.17) is 21.7 Å². The van der Waals surface area contributed by atoms with Gasteiger partial charge in [0.25, 0.3) is 0 Å². The molecule has 0 radical (unpaired) electrons. The van der Waals surface area contributed by atoms with Gasteiger partial charge in [-0.15, -0.1) is 0 Å². The number of nitrogens with one attached hydrogen (secondary N) is 1. The number of fused-ring (bicyclic) bond motifs is 1. The second kappa shape index (κ2) is 8.71. The second-order valence-electron chi connectivity index (χ2n) is 6.45. The van der Waals surface area contributed by atoms with Crippen LogP contribution in [0.25, 0.3) is 0 Å². The molecule has 0 atom stereocenters. The summed E-state index contributed by atoms with van der Waals surface area (Å²) in [5.41, 5.74) is 3.36. The predicted molar refractivity (Wildman–Crippen MR) is 114 cm³/mol. The number of rotatable bonds is 6. The van der Waals surface area contributed by atoms with E-state index in [0.717, 1.165) is 35.7 Å². The zero-order chi connectivity index (χ0) is 19.2. The number of benzene rings is 2. The van der Waals surface area contributed by atoms with E-state index in [2.05, 4.69) is 39.5 Å². The van der Waals surface area contributed by atoms with E-state index in [1.165, 1.54) is 5.56 Å². The third-order valence-corrected chi connectivity index (χ3v) is 4.90. The predicted octanol–water partition coefficient (Wildman–Crippen LogP) is 3.93. The Bertz CT molecular complexity index is 935. The molecular formula is C22H21N3O2S.